The third-order valence-corrected chi connectivity index (χ3v) is 8.26. The smallest absolute Gasteiger partial charge is 0.111 e. The van der Waals surface area contributed by atoms with Crippen LogP contribution in [0.1, 0.15) is 48.0 Å². The van der Waals surface area contributed by atoms with E-state index in [1.54, 1.807) is 20.8 Å². The molecule has 272 valence electrons. The lowest BCUT2D eigenvalue weighted by Gasteiger charge is -2.38. The molecule has 4 rings (SSSR count). The maximum Gasteiger partial charge on any atom is 0.111 e. The van der Waals surface area contributed by atoms with E-state index in [1.807, 2.05) is 6.92 Å². The molecule has 18 atom stereocenters. The van der Waals surface area contributed by atoms with Crippen molar-refractivity contribution in [3.05, 3.63) is 0 Å². The molecule has 1 aliphatic carbocycles. The minimum Gasteiger partial charge on any atom is -0.394 e. The first kappa shape index (κ1) is 44.3. The van der Waals surface area contributed by atoms with E-state index >= 15 is 0 Å². The van der Waals surface area contributed by atoms with Crippen LogP contribution in [-0.4, -0.2) is 195 Å². The first-order chi connectivity index (χ1) is 20.4. The number of aliphatic hydroxyl groups excluding tert-OH is 14. The molecule has 0 aromatic heterocycles. The van der Waals surface area contributed by atoms with Crippen LogP contribution in [0.4, 0.5) is 0 Å². The molecular formula is C28H58O17. The Bertz CT molecular complexity index is 682. The molecule has 14 N–H and O–H groups in total. The van der Waals surface area contributed by atoms with Crippen molar-refractivity contribution in [3.63, 3.8) is 0 Å². The van der Waals surface area contributed by atoms with Crippen molar-refractivity contribution in [2.24, 2.45) is 5.92 Å². The third kappa shape index (κ3) is 12.4. The van der Waals surface area contributed by atoms with Crippen molar-refractivity contribution in [2.75, 3.05) is 19.8 Å². The predicted molar refractivity (Wildman–Crippen MR) is 155 cm³/mol. The summed E-state index contributed by atoms with van der Waals surface area (Å²) in [7, 11) is 0. The second-order valence-corrected chi connectivity index (χ2v) is 11.8. The van der Waals surface area contributed by atoms with Crippen molar-refractivity contribution >= 4 is 0 Å². The van der Waals surface area contributed by atoms with Gasteiger partial charge >= 0.3 is 0 Å². The quantitative estimate of drug-likeness (QED) is 0.131. The number of aliphatic hydroxyl groups is 14. The van der Waals surface area contributed by atoms with Gasteiger partial charge in [-0.2, -0.15) is 0 Å². The molecule has 3 heterocycles. The van der Waals surface area contributed by atoms with Crippen LogP contribution in [0.5, 0.6) is 0 Å². The average molecular weight is 667 g/mol. The fourth-order valence-electron chi connectivity index (χ4n) is 4.87. The lowest BCUT2D eigenvalue weighted by molar-refractivity contribution is -0.224. The minimum atomic E-state index is -1.24. The third-order valence-electron chi connectivity index (χ3n) is 8.26. The maximum atomic E-state index is 9.23. The Kier molecular flexibility index (Phi) is 20.3. The highest BCUT2D eigenvalue weighted by atomic mass is 16.6. The van der Waals surface area contributed by atoms with Crippen molar-refractivity contribution in [3.8, 4) is 0 Å². The van der Waals surface area contributed by atoms with E-state index in [-0.39, 0.29) is 33.2 Å². The summed E-state index contributed by atoms with van der Waals surface area (Å²) in [5.41, 5.74) is 0. The highest BCUT2D eigenvalue weighted by Crippen LogP contribution is 2.24. The van der Waals surface area contributed by atoms with E-state index in [4.69, 9.17) is 50.0 Å². The summed E-state index contributed by atoms with van der Waals surface area (Å²) in [5.74, 6) is 0.110. The zero-order valence-electron chi connectivity index (χ0n) is 25.4. The van der Waals surface area contributed by atoms with Crippen LogP contribution in [0.3, 0.4) is 0 Å². The van der Waals surface area contributed by atoms with Gasteiger partial charge in [-0.3, -0.25) is 0 Å². The van der Waals surface area contributed by atoms with E-state index in [9.17, 15) is 35.7 Å². The Morgan fingerprint density at radius 1 is 0.444 bits per heavy atom. The average Bonchev–Trinajstić information content (AvgIpc) is 3.01. The number of hydrogen-bond acceptors (Lipinski definition) is 17. The van der Waals surface area contributed by atoms with Crippen molar-refractivity contribution in [2.45, 2.75) is 152 Å². The van der Waals surface area contributed by atoms with Gasteiger partial charge in [0.15, 0.2) is 0 Å². The zero-order chi connectivity index (χ0) is 34.0. The Morgan fingerprint density at radius 2 is 0.822 bits per heavy atom. The molecule has 1 saturated carbocycles. The van der Waals surface area contributed by atoms with Gasteiger partial charge in [0.25, 0.3) is 0 Å². The van der Waals surface area contributed by atoms with E-state index in [0.717, 1.165) is 6.42 Å². The fraction of sp³-hybridized carbons (Fsp3) is 1.00. The normalized spacial score (nSPS) is 48.1. The van der Waals surface area contributed by atoms with Gasteiger partial charge in [0, 0.05) is 0 Å². The summed E-state index contributed by atoms with van der Waals surface area (Å²) in [5, 5.41) is 127. The van der Waals surface area contributed by atoms with E-state index in [0.29, 0.717) is 6.42 Å². The van der Waals surface area contributed by atoms with Crippen LogP contribution >= 0.6 is 0 Å². The van der Waals surface area contributed by atoms with Crippen LogP contribution in [0.15, 0.2) is 0 Å². The van der Waals surface area contributed by atoms with Gasteiger partial charge in [0.1, 0.15) is 73.2 Å². The molecule has 3 aliphatic heterocycles. The molecular weight excluding hydrogens is 608 g/mol. The monoisotopic (exact) mass is 666 g/mol. The second kappa shape index (κ2) is 20.6. The molecule has 4 aliphatic rings. The number of ether oxygens (including phenoxy) is 3. The fourth-order valence-corrected chi connectivity index (χ4v) is 4.87. The molecule has 0 amide bonds. The summed E-state index contributed by atoms with van der Waals surface area (Å²) in [4.78, 5) is 0. The summed E-state index contributed by atoms with van der Waals surface area (Å²) >= 11 is 0. The van der Waals surface area contributed by atoms with Crippen LogP contribution in [-0.2, 0) is 14.2 Å². The first-order valence-electron chi connectivity index (χ1n) is 14.7. The van der Waals surface area contributed by atoms with Gasteiger partial charge < -0.3 is 85.7 Å². The maximum absolute atomic E-state index is 9.23. The number of hydrogen-bond donors (Lipinski definition) is 14. The highest BCUT2D eigenvalue weighted by molar-refractivity contribution is 4.91. The molecule has 17 heteroatoms. The van der Waals surface area contributed by atoms with Crippen molar-refractivity contribution < 1.29 is 85.7 Å². The van der Waals surface area contributed by atoms with Crippen LogP contribution < -0.4 is 0 Å². The predicted octanol–water partition coefficient (Wildman–Crippen LogP) is -5.68. The van der Waals surface area contributed by atoms with Gasteiger partial charge in [-0.05, 0) is 39.5 Å². The van der Waals surface area contributed by atoms with Crippen LogP contribution in [0, 0.1) is 5.92 Å². The molecule has 4 fully saturated rings. The van der Waals surface area contributed by atoms with Gasteiger partial charge in [0.2, 0.25) is 0 Å². The van der Waals surface area contributed by atoms with E-state index in [1.165, 1.54) is 0 Å². The van der Waals surface area contributed by atoms with E-state index in [2.05, 4.69) is 0 Å². The van der Waals surface area contributed by atoms with Gasteiger partial charge in [-0.15, -0.1) is 0 Å². The van der Waals surface area contributed by atoms with Crippen molar-refractivity contribution in [1.29, 1.82) is 0 Å². The van der Waals surface area contributed by atoms with Crippen molar-refractivity contribution in [1.82, 2.24) is 0 Å². The molecule has 17 nitrogen and oxygen atoms in total. The Labute approximate surface area is 263 Å². The number of rotatable bonds is 2. The standard InChI is InChI=1S/2C7H14O5.C7H14O3.C6H12O4.CH4/c2*1-3-5(9)7(11)6(10)4(2-8)12-3;1-4-2-3-5(8)7(10)6(4)9;1-3-5(8)6(9)4(7)2-10-3;/h2*3-11H,2H2,1H3;4-10H,2-3H2,1H3;3-9H,2H2,1H3;1H4/t3-,4?,5?,6+,7-;3-,4?,5?,6-,7-;4-,5-,6?,7+;3-,4+,5?,6+;/m0010./s1. The van der Waals surface area contributed by atoms with Gasteiger partial charge in [0.05, 0.1) is 50.3 Å². The van der Waals surface area contributed by atoms with Gasteiger partial charge in [-0.1, -0.05) is 14.4 Å². The largest absolute Gasteiger partial charge is 0.394 e. The molecule has 0 aromatic carbocycles. The zero-order valence-corrected chi connectivity index (χ0v) is 25.4. The first-order valence-corrected chi connectivity index (χ1v) is 14.7. The minimum absolute atomic E-state index is 0. The SMILES string of the molecule is C.C[C@@H]1CC[C@@H](O)[C@H](O)C1O.C[C@@H]1OC(CO)[C@@H](O)[C@@H](O)C1O.C[C@@H]1OC(CO)[C@H](O)[C@@H](O)C1O.C[C@@H]1OC[C@@H](O)[C@@H](O)C1O. The summed E-state index contributed by atoms with van der Waals surface area (Å²) in [6.07, 6.45) is -14.3. The van der Waals surface area contributed by atoms with Gasteiger partial charge in [-0.25, -0.2) is 0 Å². The Balaban J connectivity index is 0.000000571. The van der Waals surface area contributed by atoms with Crippen LogP contribution in [0.25, 0.3) is 0 Å². The molecule has 0 radical (unpaired) electrons. The molecule has 0 aromatic rings. The summed E-state index contributed by atoms with van der Waals surface area (Å²) in [6.45, 7) is 6.04. The Morgan fingerprint density at radius 3 is 1.18 bits per heavy atom. The highest BCUT2D eigenvalue weighted by Gasteiger charge is 2.42. The second-order valence-electron chi connectivity index (χ2n) is 11.8. The summed E-state index contributed by atoms with van der Waals surface area (Å²) < 4.78 is 15.0. The molecule has 0 bridgehead atoms. The lowest BCUT2D eigenvalue weighted by Crippen LogP contribution is -2.57. The summed E-state index contributed by atoms with van der Waals surface area (Å²) in [6, 6.07) is 0. The Hall–Kier alpha value is -0.680. The topological polar surface area (TPSA) is 311 Å². The molecule has 3 saturated heterocycles. The molecule has 45 heavy (non-hydrogen) atoms. The molecule has 0 spiro atoms. The lowest BCUT2D eigenvalue weighted by atomic mass is 9.84. The van der Waals surface area contributed by atoms with Crippen LogP contribution in [0.2, 0.25) is 0 Å². The van der Waals surface area contributed by atoms with E-state index < -0.39 is 104 Å². The molecule has 6 unspecified atom stereocenters.